The van der Waals surface area contributed by atoms with Crippen molar-refractivity contribution in [3.63, 3.8) is 0 Å². The molecule has 0 unspecified atom stereocenters. The molecular formula is C20H34N4O2S2. The number of nitrogens with zero attached hydrogens (tertiary/aromatic N) is 2. The largest absolute Gasteiger partial charge is 0.357 e. The summed E-state index contributed by atoms with van der Waals surface area (Å²) < 4.78 is 27.2. The van der Waals surface area contributed by atoms with Gasteiger partial charge in [0, 0.05) is 30.9 Å². The number of thioether (sulfide) groups is 1. The molecule has 2 rings (SSSR count). The van der Waals surface area contributed by atoms with Gasteiger partial charge < -0.3 is 10.6 Å². The van der Waals surface area contributed by atoms with E-state index in [1.165, 1.54) is 0 Å². The molecule has 1 aliphatic heterocycles. The lowest BCUT2D eigenvalue weighted by Crippen LogP contribution is -2.44. The summed E-state index contributed by atoms with van der Waals surface area (Å²) in [4.78, 5) is 5.08. The van der Waals surface area contributed by atoms with E-state index < -0.39 is 10.0 Å². The van der Waals surface area contributed by atoms with Crippen LogP contribution in [0.4, 0.5) is 0 Å². The first-order chi connectivity index (χ1) is 13.3. The van der Waals surface area contributed by atoms with Crippen LogP contribution >= 0.6 is 11.8 Å². The topological polar surface area (TPSA) is 73.8 Å². The zero-order chi connectivity index (χ0) is 20.6. The Morgan fingerprint density at radius 3 is 2.43 bits per heavy atom. The van der Waals surface area contributed by atoms with Crippen LogP contribution < -0.4 is 10.6 Å². The Morgan fingerprint density at radius 2 is 1.86 bits per heavy atom. The Labute approximate surface area is 174 Å². The van der Waals surface area contributed by atoms with E-state index in [4.69, 9.17) is 4.99 Å². The Balaban J connectivity index is 1.87. The van der Waals surface area contributed by atoms with Gasteiger partial charge in [0.2, 0.25) is 10.0 Å². The minimum Gasteiger partial charge on any atom is -0.357 e. The van der Waals surface area contributed by atoms with Gasteiger partial charge in [0.15, 0.2) is 5.96 Å². The lowest BCUT2D eigenvalue weighted by Gasteiger charge is -2.31. The van der Waals surface area contributed by atoms with E-state index in [1.54, 1.807) is 28.6 Å². The molecule has 0 saturated carbocycles. The molecule has 0 aliphatic carbocycles. The highest BCUT2D eigenvalue weighted by Crippen LogP contribution is 2.23. The van der Waals surface area contributed by atoms with Gasteiger partial charge >= 0.3 is 0 Å². The number of hydrogen-bond acceptors (Lipinski definition) is 4. The molecule has 158 valence electrons. The fourth-order valence-electron chi connectivity index (χ4n) is 3.01. The van der Waals surface area contributed by atoms with Crippen LogP contribution in [0.2, 0.25) is 0 Å². The van der Waals surface area contributed by atoms with Crippen molar-refractivity contribution < 1.29 is 8.42 Å². The van der Waals surface area contributed by atoms with E-state index in [2.05, 4.69) is 37.7 Å². The van der Waals surface area contributed by atoms with Gasteiger partial charge in [-0.25, -0.2) is 8.42 Å². The summed E-state index contributed by atoms with van der Waals surface area (Å²) in [5.74, 6) is 1.28. The van der Waals surface area contributed by atoms with Crippen molar-refractivity contribution >= 4 is 27.7 Å². The van der Waals surface area contributed by atoms with Crippen molar-refractivity contribution in [1.82, 2.24) is 14.9 Å². The van der Waals surface area contributed by atoms with Crippen LogP contribution in [0.15, 0.2) is 40.2 Å². The second-order valence-electron chi connectivity index (χ2n) is 7.70. The predicted molar refractivity (Wildman–Crippen MR) is 120 cm³/mol. The Bertz CT molecular complexity index is 728. The molecular weight excluding hydrogens is 392 g/mol. The number of piperidine rings is 1. The molecule has 0 amide bonds. The van der Waals surface area contributed by atoms with Gasteiger partial charge in [-0.1, -0.05) is 18.2 Å². The molecule has 8 heteroatoms. The molecule has 1 aliphatic rings. The number of rotatable bonds is 8. The van der Waals surface area contributed by atoms with Gasteiger partial charge in [0.05, 0.1) is 11.4 Å². The molecule has 1 fully saturated rings. The molecule has 1 heterocycles. The standard InChI is InChI=1S/C20H34N4O2S2/c1-5-21-19(23-16-20(2,3)27-4)22-15-17-11-13-24(14-12-17)28(25,26)18-9-7-6-8-10-18/h6-10,17H,5,11-16H2,1-4H3,(H2,21,22,23). The average Bonchev–Trinajstić information content (AvgIpc) is 2.71. The highest BCUT2D eigenvalue weighted by atomic mass is 32.2. The van der Waals surface area contributed by atoms with Crippen molar-refractivity contribution in [2.45, 2.75) is 43.3 Å². The number of aliphatic imine (C=N–C) groups is 1. The number of nitrogens with one attached hydrogen (secondary N) is 2. The van der Waals surface area contributed by atoms with Crippen LogP contribution in [0.5, 0.6) is 0 Å². The first kappa shape index (κ1) is 23.0. The summed E-state index contributed by atoms with van der Waals surface area (Å²) in [5, 5.41) is 6.73. The molecule has 0 spiro atoms. The van der Waals surface area contributed by atoms with Crippen LogP contribution in [0.1, 0.15) is 33.6 Å². The normalized spacial score (nSPS) is 17.5. The second-order valence-corrected chi connectivity index (χ2v) is 11.2. The van der Waals surface area contributed by atoms with Crippen molar-refractivity contribution in [1.29, 1.82) is 0 Å². The van der Waals surface area contributed by atoms with E-state index in [-0.39, 0.29) is 4.75 Å². The summed E-state index contributed by atoms with van der Waals surface area (Å²) in [5.41, 5.74) is 0. The molecule has 0 aromatic heterocycles. The SMILES string of the molecule is CCNC(=NCC(C)(C)SC)NCC1CCN(S(=O)(=O)c2ccccc2)CC1. The number of hydrogen-bond donors (Lipinski definition) is 2. The summed E-state index contributed by atoms with van der Waals surface area (Å²) in [6.07, 6.45) is 3.82. The van der Waals surface area contributed by atoms with E-state index >= 15 is 0 Å². The zero-order valence-corrected chi connectivity index (χ0v) is 19.1. The molecule has 1 saturated heterocycles. The minimum atomic E-state index is -3.38. The summed E-state index contributed by atoms with van der Waals surface area (Å²) in [6, 6.07) is 8.70. The molecule has 0 atom stereocenters. The Kier molecular flexibility index (Phi) is 8.64. The molecule has 2 N–H and O–H groups in total. The second kappa shape index (κ2) is 10.5. The van der Waals surface area contributed by atoms with Gasteiger partial charge in [-0.05, 0) is 57.9 Å². The highest BCUT2D eigenvalue weighted by Gasteiger charge is 2.29. The average molecular weight is 427 g/mol. The van der Waals surface area contributed by atoms with Crippen molar-refractivity contribution in [2.75, 3.05) is 39.0 Å². The van der Waals surface area contributed by atoms with Crippen molar-refractivity contribution in [3.8, 4) is 0 Å². The summed E-state index contributed by atoms with van der Waals surface area (Å²) in [7, 11) is -3.38. The molecule has 0 radical (unpaired) electrons. The van der Waals surface area contributed by atoms with E-state index in [9.17, 15) is 8.42 Å². The molecule has 0 bridgehead atoms. The number of guanidine groups is 1. The fraction of sp³-hybridized carbons (Fsp3) is 0.650. The van der Waals surface area contributed by atoms with E-state index in [1.807, 2.05) is 17.8 Å². The van der Waals surface area contributed by atoms with Crippen LogP contribution in [-0.4, -0.2) is 62.4 Å². The van der Waals surface area contributed by atoms with E-state index in [0.717, 1.165) is 38.4 Å². The number of sulfonamides is 1. The van der Waals surface area contributed by atoms with Crippen molar-refractivity contribution in [3.05, 3.63) is 30.3 Å². The molecule has 28 heavy (non-hydrogen) atoms. The smallest absolute Gasteiger partial charge is 0.243 e. The van der Waals surface area contributed by atoms with Gasteiger partial charge in [-0.15, -0.1) is 0 Å². The maximum Gasteiger partial charge on any atom is 0.243 e. The maximum atomic E-state index is 12.7. The third kappa shape index (κ3) is 6.67. The van der Waals surface area contributed by atoms with Crippen LogP contribution in [0.25, 0.3) is 0 Å². The molecule has 1 aromatic carbocycles. The third-order valence-corrected chi connectivity index (χ3v) is 8.17. The number of benzene rings is 1. The molecule has 1 aromatic rings. The summed E-state index contributed by atoms with van der Waals surface area (Å²) >= 11 is 1.81. The van der Waals surface area contributed by atoms with Gasteiger partial charge in [0.25, 0.3) is 0 Å². The first-order valence-corrected chi connectivity index (χ1v) is 12.6. The van der Waals surface area contributed by atoms with Gasteiger partial charge in [-0.2, -0.15) is 16.1 Å². The first-order valence-electron chi connectivity index (χ1n) is 9.91. The Hall–Kier alpha value is -1.25. The third-order valence-electron chi connectivity index (χ3n) is 5.03. The van der Waals surface area contributed by atoms with Crippen LogP contribution in [-0.2, 0) is 10.0 Å². The fourth-order valence-corrected chi connectivity index (χ4v) is 4.70. The Morgan fingerprint density at radius 1 is 1.21 bits per heavy atom. The zero-order valence-electron chi connectivity index (χ0n) is 17.4. The quantitative estimate of drug-likeness (QED) is 0.494. The summed E-state index contributed by atoms with van der Waals surface area (Å²) in [6.45, 7) is 9.94. The maximum absolute atomic E-state index is 12.7. The van der Waals surface area contributed by atoms with Crippen LogP contribution in [0, 0.1) is 5.92 Å². The van der Waals surface area contributed by atoms with E-state index in [0.29, 0.717) is 23.9 Å². The lowest BCUT2D eigenvalue weighted by atomic mass is 9.98. The van der Waals surface area contributed by atoms with Gasteiger partial charge in [0.1, 0.15) is 0 Å². The molecule has 6 nitrogen and oxygen atoms in total. The lowest BCUT2D eigenvalue weighted by molar-refractivity contribution is 0.273. The van der Waals surface area contributed by atoms with Crippen LogP contribution in [0.3, 0.4) is 0 Å². The highest BCUT2D eigenvalue weighted by molar-refractivity contribution is 7.99. The van der Waals surface area contributed by atoms with Gasteiger partial charge in [-0.3, -0.25) is 4.99 Å². The van der Waals surface area contributed by atoms with Crippen molar-refractivity contribution in [2.24, 2.45) is 10.9 Å². The predicted octanol–water partition coefficient (Wildman–Crippen LogP) is 2.78. The monoisotopic (exact) mass is 426 g/mol. The minimum absolute atomic E-state index is 0.111.